The van der Waals surface area contributed by atoms with Gasteiger partial charge in [0.2, 0.25) is 6.79 Å². The van der Waals surface area contributed by atoms with Gasteiger partial charge >= 0.3 is 5.97 Å². The molecule has 1 fully saturated rings. The van der Waals surface area contributed by atoms with Crippen molar-refractivity contribution in [3.8, 4) is 17.2 Å². The fourth-order valence-corrected chi connectivity index (χ4v) is 5.43. The summed E-state index contributed by atoms with van der Waals surface area (Å²) in [5.41, 5.74) is 2.55. The lowest BCUT2D eigenvalue weighted by Crippen LogP contribution is -2.64. The molecule has 36 heavy (non-hydrogen) atoms. The van der Waals surface area contributed by atoms with Crippen LogP contribution in [0.3, 0.4) is 0 Å². The van der Waals surface area contributed by atoms with E-state index in [1.807, 2.05) is 30.3 Å². The number of carbonyl (C=O) groups is 2. The van der Waals surface area contributed by atoms with Crippen molar-refractivity contribution in [3.05, 3.63) is 77.0 Å². The van der Waals surface area contributed by atoms with Gasteiger partial charge in [0.1, 0.15) is 23.4 Å². The number of allylic oxidation sites excluding steroid dienone is 2. The highest BCUT2D eigenvalue weighted by atomic mass is 35.5. The lowest BCUT2D eigenvalue weighted by Gasteiger charge is -2.47. The van der Waals surface area contributed by atoms with Crippen LogP contribution in [0.25, 0.3) is 0 Å². The second-order valence-corrected chi connectivity index (χ2v) is 9.51. The number of β-lactam (4-membered cyclic amide) rings is 1. The lowest BCUT2D eigenvalue weighted by atomic mass is 10.0. The Morgan fingerprint density at radius 3 is 2.81 bits per heavy atom. The molecule has 8 nitrogen and oxygen atoms in total. The number of ether oxygens (including phenoxy) is 4. The zero-order chi connectivity index (χ0) is 25.1. The highest BCUT2D eigenvalue weighted by molar-refractivity contribution is 8.00. The molecule has 0 aliphatic carbocycles. The van der Waals surface area contributed by atoms with Crippen LogP contribution in [0, 0.1) is 0 Å². The highest BCUT2D eigenvalue weighted by Gasteiger charge is 2.53. The SMILES string of the molecule is COc1ccc(COC(=O)C2=C(C=CCCl)CS[C@H]3[C@H](N=Cc4ccc5c(c4)OCO5)C(=O)N23)cc1. The first-order valence-electron chi connectivity index (χ1n) is 11.2. The van der Waals surface area contributed by atoms with Crippen molar-refractivity contribution >= 4 is 41.5 Å². The summed E-state index contributed by atoms with van der Waals surface area (Å²) in [6.45, 7) is 0.263. The third kappa shape index (κ3) is 4.81. The molecule has 3 heterocycles. The molecule has 3 aliphatic heterocycles. The third-order valence-electron chi connectivity index (χ3n) is 5.88. The number of fused-ring (bicyclic) bond motifs is 2. The van der Waals surface area contributed by atoms with E-state index in [0.29, 0.717) is 34.5 Å². The monoisotopic (exact) mass is 526 g/mol. The van der Waals surface area contributed by atoms with Crippen LogP contribution in [0.1, 0.15) is 11.1 Å². The summed E-state index contributed by atoms with van der Waals surface area (Å²) in [5, 5.41) is -0.292. The molecule has 1 saturated heterocycles. The zero-order valence-corrected chi connectivity index (χ0v) is 21.0. The molecule has 0 saturated carbocycles. The Hall–Kier alpha value is -3.43. The lowest BCUT2D eigenvalue weighted by molar-refractivity contribution is -0.151. The minimum absolute atomic E-state index is 0.0738. The van der Waals surface area contributed by atoms with Crippen molar-refractivity contribution in [1.29, 1.82) is 0 Å². The van der Waals surface area contributed by atoms with Crippen LogP contribution >= 0.6 is 23.4 Å². The van der Waals surface area contributed by atoms with Gasteiger partial charge in [0.25, 0.3) is 5.91 Å². The Morgan fingerprint density at radius 2 is 2.03 bits per heavy atom. The third-order valence-corrected chi connectivity index (χ3v) is 7.35. The fraction of sp³-hybridized carbons (Fsp3) is 0.269. The average Bonchev–Trinajstić information content (AvgIpc) is 3.38. The van der Waals surface area contributed by atoms with Crippen LogP contribution < -0.4 is 14.2 Å². The Morgan fingerprint density at radius 1 is 1.22 bits per heavy atom. The maximum absolute atomic E-state index is 13.2. The summed E-state index contributed by atoms with van der Waals surface area (Å²) in [4.78, 5) is 32.3. The number of alkyl halides is 1. The summed E-state index contributed by atoms with van der Waals surface area (Å²) in [7, 11) is 1.59. The van der Waals surface area contributed by atoms with E-state index in [-0.39, 0.29) is 30.4 Å². The number of hydrogen-bond acceptors (Lipinski definition) is 8. The Labute approximate surface area is 217 Å². The van der Waals surface area contributed by atoms with Gasteiger partial charge in [0.05, 0.1) is 7.11 Å². The first-order valence-corrected chi connectivity index (χ1v) is 12.8. The Kier molecular flexibility index (Phi) is 7.20. The maximum atomic E-state index is 13.2. The molecular weight excluding hydrogens is 504 g/mol. The van der Waals surface area contributed by atoms with Crippen LogP contribution in [-0.4, -0.2) is 59.9 Å². The van der Waals surface area contributed by atoms with Gasteiger partial charge in [0, 0.05) is 17.8 Å². The van der Waals surface area contributed by atoms with E-state index < -0.39 is 12.0 Å². The molecule has 0 bridgehead atoms. The van der Waals surface area contributed by atoms with E-state index in [9.17, 15) is 9.59 Å². The quantitative estimate of drug-likeness (QED) is 0.223. The topological polar surface area (TPSA) is 86.7 Å². The number of hydrogen-bond donors (Lipinski definition) is 0. The van der Waals surface area contributed by atoms with E-state index in [4.69, 9.17) is 30.5 Å². The summed E-state index contributed by atoms with van der Waals surface area (Å²) in [5.74, 6) is 2.06. The molecule has 186 valence electrons. The number of rotatable bonds is 8. The molecule has 0 radical (unpaired) electrons. The van der Waals surface area contributed by atoms with Crippen molar-refractivity contribution in [3.63, 3.8) is 0 Å². The largest absolute Gasteiger partial charge is 0.497 e. The van der Waals surface area contributed by atoms with Crippen molar-refractivity contribution in [2.24, 2.45) is 4.99 Å². The van der Waals surface area contributed by atoms with E-state index in [2.05, 4.69) is 4.99 Å². The molecule has 0 unspecified atom stereocenters. The van der Waals surface area contributed by atoms with Crippen LogP contribution in [0.4, 0.5) is 0 Å². The minimum atomic E-state index is -0.594. The van der Waals surface area contributed by atoms with E-state index in [0.717, 1.165) is 11.1 Å². The van der Waals surface area contributed by atoms with E-state index in [1.54, 1.807) is 49.4 Å². The molecule has 10 heteroatoms. The number of amides is 1. The number of halogens is 1. The van der Waals surface area contributed by atoms with Gasteiger partial charge in [-0.3, -0.25) is 14.7 Å². The molecule has 0 N–H and O–H groups in total. The molecular formula is C26H23ClN2O6S. The number of carbonyl (C=O) groups excluding carboxylic acids is 2. The summed E-state index contributed by atoms with van der Waals surface area (Å²) < 4.78 is 21.5. The number of aliphatic imine (C=N–C) groups is 1. The minimum Gasteiger partial charge on any atom is -0.497 e. The van der Waals surface area contributed by atoms with Crippen LogP contribution in [0.15, 0.2) is 70.9 Å². The Balaban J connectivity index is 1.31. The van der Waals surface area contributed by atoms with Gasteiger partial charge in [-0.2, -0.15) is 0 Å². The van der Waals surface area contributed by atoms with Gasteiger partial charge < -0.3 is 18.9 Å². The second-order valence-electron chi connectivity index (χ2n) is 8.10. The maximum Gasteiger partial charge on any atom is 0.355 e. The zero-order valence-electron chi connectivity index (χ0n) is 19.4. The summed E-state index contributed by atoms with van der Waals surface area (Å²) in [6, 6.07) is 12.1. The van der Waals surface area contributed by atoms with Crippen LogP contribution in [0.5, 0.6) is 17.2 Å². The summed E-state index contributed by atoms with van der Waals surface area (Å²) >= 11 is 7.37. The van der Waals surface area contributed by atoms with Crippen LogP contribution in [0.2, 0.25) is 0 Å². The molecule has 5 rings (SSSR count). The van der Waals surface area contributed by atoms with Gasteiger partial charge in [-0.05, 0) is 47.0 Å². The standard InChI is InChI=1S/C26H23ClN2O6S/c1-32-19-7-4-16(5-8-19)13-33-26(31)23-18(3-2-10-27)14-36-25-22(24(30)29(23)25)28-12-17-6-9-20-21(11-17)35-15-34-20/h2-9,11-12,22,25H,10,13-15H2,1H3/t22-,25+/m1/s1. The predicted octanol–water partition coefficient (Wildman–Crippen LogP) is 3.92. The summed E-state index contributed by atoms with van der Waals surface area (Å²) in [6.07, 6.45) is 5.17. The van der Waals surface area contributed by atoms with E-state index in [1.165, 1.54) is 4.90 Å². The first-order chi connectivity index (χ1) is 17.6. The van der Waals surface area contributed by atoms with Crippen LogP contribution in [-0.2, 0) is 20.9 Å². The molecule has 2 aromatic carbocycles. The van der Waals surface area contributed by atoms with E-state index >= 15 is 0 Å². The number of methoxy groups -OCH3 is 1. The molecule has 2 atom stereocenters. The number of esters is 1. The van der Waals surface area contributed by atoms with Gasteiger partial charge in [0.15, 0.2) is 17.5 Å². The highest BCUT2D eigenvalue weighted by Crippen LogP contribution is 2.42. The fourth-order valence-electron chi connectivity index (χ4n) is 4.03. The molecule has 0 aromatic heterocycles. The average molecular weight is 527 g/mol. The molecule has 1 amide bonds. The molecule has 2 aromatic rings. The van der Waals surface area contributed by atoms with Gasteiger partial charge in [-0.25, -0.2) is 4.79 Å². The first kappa shape index (κ1) is 24.3. The van der Waals surface area contributed by atoms with Crippen molar-refractivity contribution in [1.82, 2.24) is 4.90 Å². The number of nitrogens with zero attached hydrogens (tertiary/aromatic N) is 2. The van der Waals surface area contributed by atoms with Crippen molar-refractivity contribution in [2.45, 2.75) is 18.0 Å². The second kappa shape index (κ2) is 10.7. The van der Waals surface area contributed by atoms with Gasteiger partial charge in [-0.15, -0.1) is 23.4 Å². The molecule has 0 spiro atoms. The number of benzene rings is 2. The normalized spacial score (nSPS) is 20.6. The van der Waals surface area contributed by atoms with Crippen molar-refractivity contribution < 1.29 is 28.5 Å². The molecule has 3 aliphatic rings. The number of thioether (sulfide) groups is 1. The smallest absolute Gasteiger partial charge is 0.355 e. The predicted molar refractivity (Wildman–Crippen MR) is 137 cm³/mol. The van der Waals surface area contributed by atoms with Crippen molar-refractivity contribution in [2.75, 3.05) is 25.5 Å². The Bertz CT molecular complexity index is 1260. The van der Waals surface area contributed by atoms with Gasteiger partial charge in [-0.1, -0.05) is 24.3 Å².